The number of benzene rings is 1. The lowest BCUT2D eigenvalue weighted by atomic mass is 9.75. The van der Waals surface area contributed by atoms with E-state index in [9.17, 15) is 0 Å². The molecule has 1 aliphatic heterocycles. The Balaban J connectivity index is 2.09. The van der Waals surface area contributed by atoms with Gasteiger partial charge in [0, 0.05) is 29.9 Å². The lowest BCUT2D eigenvalue weighted by molar-refractivity contribution is 0.194. The third kappa shape index (κ3) is 1.77. The van der Waals surface area contributed by atoms with Crippen molar-refractivity contribution in [3.8, 4) is 0 Å². The van der Waals surface area contributed by atoms with E-state index in [0.29, 0.717) is 5.41 Å². The fourth-order valence-corrected chi connectivity index (χ4v) is 2.50. The Hall–Kier alpha value is -1.18. The summed E-state index contributed by atoms with van der Waals surface area (Å²) in [4.78, 5) is 2.46. The minimum atomic E-state index is 0.565. The first-order chi connectivity index (χ1) is 7.60. The summed E-state index contributed by atoms with van der Waals surface area (Å²) in [5.41, 5.74) is 9.80. The molecule has 2 N–H and O–H groups in total. The largest absolute Gasteiger partial charge is 0.399 e. The summed E-state index contributed by atoms with van der Waals surface area (Å²) in [6.07, 6.45) is 2.57. The van der Waals surface area contributed by atoms with Crippen LogP contribution in [0.2, 0.25) is 0 Å². The fourth-order valence-electron chi connectivity index (χ4n) is 2.50. The smallest absolute Gasteiger partial charge is 0.0370 e. The Morgan fingerprint density at radius 2 is 1.88 bits per heavy atom. The average Bonchev–Trinajstić information content (AvgIpc) is 2.23. The van der Waals surface area contributed by atoms with Crippen molar-refractivity contribution in [2.24, 2.45) is 5.41 Å². The van der Waals surface area contributed by atoms with E-state index in [1.54, 1.807) is 0 Å². The summed E-state index contributed by atoms with van der Waals surface area (Å²) >= 11 is 0. The molecule has 0 amide bonds. The average molecular weight is 218 g/mol. The molecule has 1 saturated heterocycles. The molecule has 88 valence electrons. The summed E-state index contributed by atoms with van der Waals surface area (Å²) in [6, 6.07) is 6.35. The fraction of sp³-hybridized carbons (Fsp3) is 0.571. The molecule has 0 bridgehead atoms. The van der Waals surface area contributed by atoms with E-state index in [4.69, 9.17) is 5.73 Å². The van der Waals surface area contributed by atoms with E-state index in [1.165, 1.54) is 37.2 Å². The van der Waals surface area contributed by atoms with E-state index in [1.807, 2.05) is 6.07 Å². The van der Waals surface area contributed by atoms with Crippen molar-refractivity contribution in [2.45, 2.75) is 33.6 Å². The van der Waals surface area contributed by atoms with Crippen LogP contribution in [0.15, 0.2) is 18.2 Å². The highest BCUT2D eigenvalue weighted by atomic mass is 15.2. The van der Waals surface area contributed by atoms with Crippen molar-refractivity contribution in [2.75, 3.05) is 23.7 Å². The van der Waals surface area contributed by atoms with Gasteiger partial charge in [0.05, 0.1) is 0 Å². The van der Waals surface area contributed by atoms with Gasteiger partial charge < -0.3 is 10.6 Å². The van der Waals surface area contributed by atoms with Crippen molar-refractivity contribution >= 4 is 11.4 Å². The van der Waals surface area contributed by atoms with E-state index in [0.717, 1.165) is 5.69 Å². The molecular weight excluding hydrogens is 196 g/mol. The van der Waals surface area contributed by atoms with Crippen LogP contribution in [0, 0.1) is 12.3 Å². The van der Waals surface area contributed by atoms with Gasteiger partial charge in [0.1, 0.15) is 0 Å². The maximum absolute atomic E-state index is 5.84. The van der Waals surface area contributed by atoms with Crippen LogP contribution in [0.3, 0.4) is 0 Å². The molecule has 0 unspecified atom stereocenters. The molecule has 0 atom stereocenters. The highest BCUT2D eigenvalue weighted by molar-refractivity contribution is 5.59. The normalized spacial score (nSPS) is 18.3. The molecule has 1 aliphatic rings. The molecule has 16 heavy (non-hydrogen) atoms. The van der Waals surface area contributed by atoms with Gasteiger partial charge in [0.25, 0.3) is 0 Å². The minimum absolute atomic E-state index is 0.565. The zero-order valence-electron chi connectivity index (χ0n) is 10.6. The highest BCUT2D eigenvalue weighted by Gasteiger charge is 2.39. The highest BCUT2D eigenvalue weighted by Crippen LogP contribution is 2.40. The number of nitrogens with two attached hydrogens (primary N) is 1. The van der Waals surface area contributed by atoms with Crippen molar-refractivity contribution in [1.82, 2.24) is 0 Å². The van der Waals surface area contributed by atoms with E-state index < -0.39 is 0 Å². The number of nitrogen functional groups attached to an aromatic ring is 1. The molecule has 1 fully saturated rings. The lowest BCUT2D eigenvalue weighted by Crippen LogP contribution is -2.55. The molecule has 1 heterocycles. The number of anilines is 2. The van der Waals surface area contributed by atoms with Crippen LogP contribution in [-0.2, 0) is 0 Å². The molecule has 2 nitrogen and oxygen atoms in total. The second-order valence-corrected chi connectivity index (χ2v) is 5.10. The summed E-state index contributed by atoms with van der Waals surface area (Å²) in [5.74, 6) is 0. The van der Waals surface area contributed by atoms with E-state index in [2.05, 4.69) is 37.8 Å². The monoisotopic (exact) mass is 218 g/mol. The van der Waals surface area contributed by atoms with Gasteiger partial charge >= 0.3 is 0 Å². The van der Waals surface area contributed by atoms with E-state index in [-0.39, 0.29) is 0 Å². The van der Waals surface area contributed by atoms with Gasteiger partial charge in [0.2, 0.25) is 0 Å². The molecule has 1 aromatic rings. The Morgan fingerprint density at radius 3 is 2.38 bits per heavy atom. The van der Waals surface area contributed by atoms with Gasteiger partial charge in [-0.1, -0.05) is 13.8 Å². The first-order valence-corrected chi connectivity index (χ1v) is 6.21. The molecule has 2 heteroatoms. The predicted octanol–water partition coefficient (Wildman–Crippen LogP) is 3.20. The SMILES string of the molecule is CCC1(CC)CN(c2ccc(N)c(C)c2)C1. The summed E-state index contributed by atoms with van der Waals surface area (Å²) < 4.78 is 0. The third-order valence-corrected chi connectivity index (χ3v) is 4.17. The second kappa shape index (κ2) is 4.00. The summed E-state index contributed by atoms with van der Waals surface area (Å²) in [6.45, 7) is 9.07. The van der Waals surface area contributed by atoms with Crippen molar-refractivity contribution in [3.63, 3.8) is 0 Å². The van der Waals surface area contributed by atoms with Gasteiger partial charge in [-0.25, -0.2) is 0 Å². The quantitative estimate of drug-likeness (QED) is 0.789. The van der Waals surface area contributed by atoms with Gasteiger partial charge in [-0.2, -0.15) is 0 Å². The molecule has 0 spiro atoms. The van der Waals surface area contributed by atoms with Gasteiger partial charge in [-0.05, 0) is 43.5 Å². The molecule has 0 radical (unpaired) electrons. The number of hydrogen-bond donors (Lipinski definition) is 1. The summed E-state index contributed by atoms with van der Waals surface area (Å²) in [5, 5.41) is 0. The van der Waals surface area contributed by atoms with Crippen LogP contribution < -0.4 is 10.6 Å². The van der Waals surface area contributed by atoms with Crippen LogP contribution in [0.1, 0.15) is 32.3 Å². The second-order valence-electron chi connectivity index (χ2n) is 5.10. The molecular formula is C14H22N2. The molecule has 0 aliphatic carbocycles. The van der Waals surface area contributed by atoms with Crippen LogP contribution in [0.5, 0.6) is 0 Å². The number of rotatable bonds is 3. The maximum atomic E-state index is 5.84. The number of nitrogens with zero attached hydrogens (tertiary/aromatic N) is 1. The maximum Gasteiger partial charge on any atom is 0.0370 e. The van der Waals surface area contributed by atoms with Gasteiger partial charge in [0.15, 0.2) is 0 Å². The Bertz CT molecular complexity index is 372. The predicted molar refractivity (Wildman–Crippen MR) is 70.8 cm³/mol. The Labute approximate surface area is 98.4 Å². The third-order valence-electron chi connectivity index (χ3n) is 4.17. The van der Waals surface area contributed by atoms with Crippen molar-refractivity contribution in [3.05, 3.63) is 23.8 Å². The van der Waals surface area contributed by atoms with Crippen LogP contribution >= 0.6 is 0 Å². The first kappa shape index (κ1) is 11.3. The molecule has 0 saturated carbocycles. The van der Waals surface area contributed by atoms with Crippen LogP contribution in [0.4, 0.5) is 11.4 Å². The molecule has 2 rings (SSSR count). The number of hydrogen-bond acceptors (Lipinski definition) is 2. The molecule has 0 aromatic heterocycles. The van der Waals surface area contributed by atoms with Crippen molar-refractivity contribution < 1.29 is 0 Å². The lowest BCUT2D eigenvalue weighted by Gasteiger charge is -2.51. The van der Waals surface area contributed by atoms with E-state index >= 15 is 0 Å². The van der Waals surface area contributed by atoms with Crippen LogP contribution in [-0.4, -0.2) is 13.1 Å². The van der Waals surface area contributed by atoms with Crippen LogP contribution in [0.25, 0.3) is 0 Å². The summed E-state index contributed by atoms with van der Waals surface area (Å²) in [7, 11) is 0. The number of aryl methyl sites for hydroxylation is 1. The van der Waals surface area contributed by atoms with Gasteiger partial charge in [-0.15, -0.1) is 0 Å². The first-order valence-electron chi connectivity index (χ1n) is 6.21. The Morgan fingerprint density at radius 1 is 1.25 bits per heavy atom. The van der Waals surface area contributed by atoms with Gasteiger partial charge in [-0.3, -0.25) is 0 Å². The zero-order valence-corrected chi connectivity index (χ0v) is 10.6. The Kier molecular flexibility index (Phi) is 2.83. The zero-order chi connectivity index (χ0) is 11.8. The molecule has 1 aromatic carbocycles. The van der Waals surface area contributed by atoms with Crippen molar-refractivity contribution in [1.29, 1.82) is 0 Å². The standard InChI is InChI=1S/C14H22N2/c1-4-14(5-2)9-16(10-14)12-6-7-13(15)11(3)8-12/h6-8H,4-5,9-10,15H2,1-3H3. The minimum Gasteiger partial charge on any atom is -0.399 e. The topological polar surface area (TPSA) is 29.3 Å².